The first-order valence-corrected chi connectivity index (χ1v) is 4.06. The fraction of sp³-hybridized carbons (Fsp3) is 0.375. The van der Waals surface area contributed by atoms with Crippen LogP contribution in [0.1, 0.15) is 10.5 Å². The summed E-state index contributed by atoms with van der Waals surface area (Å²) in [6.07, 6.45) is 2.60. The number of aromatic nitrogens is 2. The minimum atomic E-state index is -1.15. The molecule has 14 heavy (non-hydrogen) atoms. The summed E-state index contributed by atoms with van der Waals surface area (Å²) in [7, 11) is 0. The van der Waals surface area contributed by atoms with E-state index in [0.717, 1.165) is 0 Å². The maximum Gasteiger partial charge on any atom is 0.360 e. The summed E-state index contributed by atoms with van der Waals surface area (Å²) in [6, 6.07) is 0. The Morgan fingerprint density at radius 1 is 1.50 bits per heavy atom. The van der Waals surface area contributed by atoms with E-state index >= 15 is 0 Å². The van der Waals surface area contributed by atoms with E-state index in [1.54, 1.807) is 0 Å². The average molecular weight is 196 g/mol. The second-order valence-corrected chi connectivity index (χ2v) is 2.79. The second-order valence-electron chi connectivity index (χ2n) is 2.79. The lowest BCUT2D eigenvalue weighted by molar-refractivity contribution is -0.0817. The van der Waals surface area contributed by atoms with E-state index < -0.39 is 5.97 Å². The zero-order chi connectivity index (χ0) is 9.97. The van der Waals surface area contributed by atoms with Crippen molar-refractivity contribution in [3.8, 4) is 5.88 Å². The van der Waals surface area contributed by atoms with Crippen molar-refractivity contribution in [3.05, 3.63) is 18.1 Å². The molecule has 0 bridgehead atoms. The molecule has 6 nitrogen and oxygen atoms in total. The van der Waals surface area contributed by atoms with Crippen LogP contribution in [0.4, 0.5) is 0 Å². The van der Waals surface area contributed by atoms with Gasteiger partial charge in [-0.05, 0) is 0 Å². The normalized spacial score (nSPS) is 16.0. The molecule has 1 aliphatic heterocycles. The van der Waals surface area contributed by atoms with Crippen molar-refractivity contribution >= 4 is 5.97 Å². The predicted molar refractivity (Wildman–Crippen MR) is 44.2 cm³/mol. The van der Waals surface area contributed by atoms with Gasteiger partial charge in [0, 0.05) is 12.4 Å². The molecule has 6 heteroatoms. The van der Waals surface area contributed by atoms with Crippen molar-refractivity contribution in [2.45, 2.75) is 6.10 Å². The lowest BCUT2D eigenvalue weighted by Gasteiger charge is -2.26. The third-order valence-corrected chi connectivity index (χ3v) is 1.75. The number of carbonyl (C=O) groups is 1. The molecular weight excluding hydrogens is 188 g/mol. The largest absolute Gasteiger partial charge is 0.476 e. The van der Waals surface area contributed by atoms with Gasteiger partial charge >= 0.3 is 5.97 Å². The molecule has 2 rings (SSSR count). The molecule has 0 saturated carbocycles. The fourth-order valence-corrected chi connectivity index (χ4v) is 0.998. The van der Waals surface area contributed by atoms with Crippen LogP contribution in [0.2, 0.25) is 0 Å². The van der Waals surface area contributed by atoms with Gasteiger partial charge in [0.05, 0.1) is 13.2 Å². The molecule has 2 heterocycles. The number of hydrogen-bond acceptors (Lipinski definition) is 5. The van der Waals surface area contributed by atoms with E-state index in [1.165, 1.54) is 12.4 Å². The van der Waals surface area contributed by atoms with Gasteiger partial charge < -0.3 is 14.6 Å². The number of nitrogens with zero attached hydrogens (tertiary/aromatic N) is 2. The Labute approximate surface area is 79.5 Å². The molecule has 1 fully saturated rings. The maximum atomic E-state index is 10.7. The first-order valence-electron chi connectivity index (χ1n) is 4.06. The van der Waals surface area contributed by atoms with Crippen LogP contribution in [-0.2, 0) is 4.74 Å². The van der Waals surface area contributed by atoms with Crippen LogP contribution in [0.3, 0.4) is 0 Å². The predicted octanol–water partition coefficient (Wildman–Crippen LogP) is -0.0476. The smallest absolute Gasteiger partial charge is 0.360 e. The Morgan fingerprint density at radius 2 is 2.21 bits per heavy atom. The molecule has 0 atom stereocenters. The standard InChI is InChI=1S/C8H8N2O4/c11-8(12)6-7(10-2-1-9-6)14-5-3-13-4-5/h1-2,5H,3-4H2,(H,11,12). The van der Waals surface area contributed by atoms with Crippen molar-refractivity contribution < 1.29 is 19.4 Å². The van der Waals surface area contributed by atoms with E-state index in [0.29, 0.717) is 13.2 Å². The van der Waals surface area contributed by atoms with Crippen LogP contribution >= 0.6 is 0 Å². The Hall–Kier alpha value is -1.69. The highest BCUT2D eigenvalue weighted by Crippen LogP contribution is 2.16. The van der Waals surface area contributed by atoms with Crippen LogP contribution in [0.25, 0.3) is 0 Å². The summed E-state index contributed by atoms with van der Waals surface area (Å²) >= 11 is 0. The van der Waals surface area contributed by atoms with Gasteiger partial charge in [-0.2, -0.15) is 0 Å². The highest BCUT2D eigenvalue weighted by atomic mass is 16.6. The monoisotopic (exact) mass is 196 g/mol. The average Bonchev–Trinajstić information content (AvgIpc) is 2.12. The number of aromatic carboxylic acids is 1. The first kappa shape index (κ1) is 8.89. The molecule has 1 saturated heterocycles. The SMILES string of the molecule is O=C(O)c1nccnc1OC1COC1. The molecular formula is C8H8N2O4. The van der Waals surface area contributed by atoms with E-state index in [1.807, 2.05) is 0 Å². The van der Waals surface area contributed by atoms with Crippen LogP contribution in [0.5, 0.6) is 5.88 Å². The Bertz CT molecular complexity index is 351. The molecule has 1 aliphatic rings. The fourth-order valence-electron chi connectivity index (χ4n) is 0.998. The third kappa shape index (κ3) is 1.64. The van der Waals surface area contributed by atoms with Crippen LogP contribution < -0.4 is 4.74 Å². The summed E-state index contributed by atoms with van der Waals surface area (Å²) in [5.74, 6) is -1.10. The highest BCUT2D eigenvalue weighted by Gasteiger charge is 2.24. The van der Waals surface area contributed by atoms with E-state index in [4.69, 9.17) is 14.6 Å². The highest BCUT2D eigenvalue weighted by molar-refractivity contribution is 5.87. The van der Waals surface area contributed by atoms with Crippen molar-refractivity contribution in [2.24, 2.45) is 0 Å². The van der Waals surface area contributed by atoms with E-state index in [-0.39, 0.29) is 17.7 Å². The van der Waals surface area contributed by atoms with Gasteiger partial charge in [-0.1, -0.05) is 0 Å². The van der Waals surface area contributed by atoms with E-state index in [9.17, 15) is 4.79 Å². The number of hydrogen-bond donors (Lipinski definition) is 1. The minimum absolute atomic E-state index is 0.0494. The molecule has 1 aromatic heterocycles. The number of rotatable bonds is 3. The number of ether oxygens (including phenoxy) is 2. The molecule has 0 radical (unpaired) electrons. The summed E-state index contributed by atoms with van der Waals surface area (Å²) in [5.41, 5.74) is -0.167. The van der Waals surface area contributed by atoms with Crippen molar-refractivity contribution in [2.75, 3.05) is 13.2 Å². The van der Waals surface area contributed by atoms with Gasteiger partial charge in [-0.3, -0.25) is 0 Å². The molecule has 1 N–H and O–H groups in total. The maximum absolute atomic E-state index is 10.7. The molecule has 0 amide bonds. The van der Waals surface area contributed by atoms with Crippen LogP contribution in [0.15, 0.2) is 12.4 Å². The molecule has 0 spiro atoms. The zero-order valence-electron chi connectivity index (χ0n) is 7.21. The third-order valence-electron chi connectivity index (χ3n) is 1.75. The van der Waals surface area contributed by atoms with Gasteiger partial charge in [-0.15, -0.1) is 0 Å². The topological polar surface area (TPSA) is 81.5 Å². The lowest BCUT2D eigenvalue weighted by Crippen LogP contribution is -2.39. The Balaban J connectivity index is 2.17. The van der Waals surface area contributed by atoms with Gasteiger partial charge in [-0.25, -0.2) is 14.8 Å². The number of carboxylic acid groups (broad SMARTS) is 1. The van der Waals surface area contributed by atoms with Gasteiger partial charge in [0.1, 0.15) is 6.10 Å². The Morgan fingerprint density at radius 3 is 2.79 bits per heavy atom. The number of carboxylic acids is 1. The summed E-state index contributed by atoms with van der Waals surface area (Å²) < 4.78 is 10.2. The lowest BCUT2D eigenvalue weighted by atomic mass is 10.3. The quantitative estimate of drug-likeness (QED) is 0.730. The second kappa shape index (κ2) is 3.59. The summed E-state index contributed by atoms with van der Waals surface area (Å²) in [4.78, 5) is 18.2. The van der Waals surface area contributed by atoms with Crippen molar-refractivity contribution in [3.63, 3.8) is 0 Å². The molecule has 0 aliphatic carbocycles. The van der Waals surface area contributed by atoms with Gasteiger partial charge in [0.25, 0.3) is 0 Å². The van der Waals surface area contributed by atoms with Gasteiger partial charge in [0.2, 0.25) is 11.6 Å². The van der Waals surface area contributed by atoms with Crippen LogP contribution in [0, 0.1) is 0 Å². The minimum Gasteiger partial charge on any atom is -0.476 e. The van der Waals surface area contributed by atoms with Crippen molar-refractivity contribution in [1.82, 2.24) is 9.97 Å². The van der Waals surface area contributed by atoms with Crippen LogP contribution in [-0.4, -0.2) is 40.4 Å². The van der Waals surface area contributed by atoms with Gasteiger partial charge in [0.15, 0.2) is 0 Å². The summed E-state index contributed by atoms with van der Waals surface area (Å²) in [5, 5.41) is 8.76. The molecule has 0 unspecified atom stereocenters. The Kier molecular flexibility index (Phi) is 2.28. The first-order chi connectivity index (χ1) is 6.77. The zero-order valence-corrected chi connectivity index (χ0v) is 7.21. The molecule has 1 aromatic rings. The van der Waals surface area contributed by atoms with E-state index in [2.05, 4.69) is 9.97 Å². The molecule has 74 valence electrons. The molecule has 0 aromatic carbocycles. The van der Waals surface area contributed by atoms with Crippen molar-refractivity contribution in [1.29, 1.82) is 0 Å². The summed E-state index contributed by atoms with van der Waals surface area (Å²) in [6.45, 7) is 0.936.